The minimum atomic E-state index is -0.263. The second-order valence-electron chi connectivity index (χ2n) is 4.08. The van der Waals surface area contributed by atoms with E-state index in [0.29, 0.717) is 28.5 Å². The number of nitrogens with zero attached hydrogens (tertiary/aromatic N) is 2. The molecule has 0 saturated heterocycles. The van der Waals surface area contributed by atoms with E-state index in [-0.39, 0.29) is 5.56 Å². The van der Waals surface area contributed by atoms with Crippen LogP contribution in [0.5, 0.6) is 11.5 Å². The fourth-order valence-electron chi connectivity index (χ4n) is 1.96. The first-order valence-corrected chi connectivity index (χ1v) is 5.88. The molecule has 20 heavy (non-hydrogen) atoms. The number of imidazole rings is 1. The number of benzene rings is 1. The quantitative estimate of drug-likeness (QED) is 0.750. The molecule has 7 nitrogen and oxygen atoms in total. The summed E-state index contributed by atoms with van der Waals surface area (Å²) in [5.74, 6) is 1.79. The van der Waals surface area contributed by atoms with Gasteiger partial charge in [-0.1, -0.05) is 0 Å². The Labute approximate surface area is 113 Å². The average molecular weight is 272 g/mol. The number of hydrogen-bond donors (Lipinski definition) is 2. The lowest BCUT2D eigenvalue weighted by Crippen LogP contribution is -2.05. The van der Waals surface area contributed by atoms with Crippen molar-refractivity contribution in [2.75, 3.05) is 14.2 Å². The highest BCUT2D eigenvalue weighted by Crippen LogP contribution is 2.31. The smallest absolute Gasteiger partial charge is 0.276 e. The molecule has 2 aromatic heterocycles. The van der Waals surface area contributed by atoms with E-state index in [9.17, 15) is 4.79 Å². The van der Waals surface area contributed by atoms with Crippen molar-refractivity contribution in [2.24, 2.45) is 0 Å². The molecule has 102 valence electrons. The van der Waals surface area contributed by atoms with Crippen LogP contribution in [0.15, 0.2) is 29.3 Å². The van der Waals surface area contributed by atoms with Crippen LogP contribution < -0.4 is 15.0 Å². The summed E-state index contributed by atoms with van der Waals surface area (Å²) >= 11 is 0. The molecule has 3 rings (SSSR count). The van der Waals surface area contributed by atoms with Gasteiger partial charge in [-0.25, -0.2) is 9.97 Å². The second kappa shape index (κ2) is 4.69. The molecule has 0 radical (unpaired) electrons. The summed E-state index contributed by atoms with van der Waals surface area (Å²) in [7, 11) is 3.14. The van der Waals surface area contributed by atoms with E-state index in [1.54, 1.807) is 26.4 Å². The summed E-state index contributed by atoms with van der Waals surface area (Å²) in [6, 6.07) is 5.35. The van der Waals surface area contributed by atoms with Crippen LogP contribution in [0.2, 0.25) is 0 Å². The molecule has 3 aromatic rings. The van der Waals surface area contributed by atoms with Gasteiger partial charge in [0.1, 0.15) is 17.3 Å². The normalized spacial score (nSPS) is 10.7. The predicted octanol–water partition coefficient (Wildman–Crippen LogP) is 1.33. The highest BCUT2D eigenvalue weighted by Gasteiger charge is 2.13. The third-order valence-corrected chi connectivity index (χ3v) is 2.96. The molecule has 0 saturated carbocycles. The summed E-state index contributed by atoms with van der Waals surface area (Å²) in [4.78, 5) is 25.4. The van der Waals surface area contributed by atoms with E-state index in [1.165, 1.54) is 6.33 Å². The van der Waals surface area contributed by atoms with Crippen molar-refractivity contribution < 1.29 is 9.47 Å². The Bertz CT molecular complexity index is 822. The van der Waals surface area contributed by atoms with Crippen LogP contribution in [0.3, 0.4) is 0 Å². The van der Waals surface area contributed by atoms with E-state index in [0.717, 1.165) is 5.56 Å². The third kappa shape index (κ3) is 1.89. The topological polar surface area (TPSA) is 92.9 Å². The van der Waals surface area contributed by atoms with Gasteiger partial charge in [0.15, 0.2) is 11.2 Å². The first-order valence-electron chi connectivity index (χ1n) is 5.88. The lowest BCUT2D eigenvalue weighted by atomic mass is 10.2. The highest BCUT2D eigenvalue weighted by molar-refractivity contribution is 5.77. The van der Waals surface area contributed by atoms with Crippen LogP contribution in [0.4, 0.5) is 0 Å². The molecule has 0 bridgehead atoms. The molecule has 0 spiro atoms. The van der Waals surface area contributed by atoms with Crippen LogP contribution in [0, 0.1) is 0 Å². The number of H-pyrrole nitrogens is 2. The fourth-order valence-corrected chi connectivity index (χ4v) is 1.96. The van der Waals surface area contributed by atoms with Crippen LogP contribution >= 0.6 is 0 Å². The molecule has 0 atom stereocenters. The standard InChI is InChI=1S/C13H12N4O3/c1-19-7-3-4-8(9(5-7)20-2)11-16-10-12(17-11)14-6-15-13(10)18/h3-6H,1-2H3,(H2,14,15,16,17,18). The molecule has 0 aliphatic carbocycles. The van der Waals surface area contributed by atoms with E-state index < -0.39 is 0 Å². The highest BCUT2D eigenvalue weighted by atomic mass is 16.5. The number of aromatic amines is 2. The molecule has 7 heteroatoms. The monoisotopic (exact) mass is 272 g/mol. The Kier molecular flexibility index (Phi) is 2.86. The number of hydrogen-bond acceptors (Lipinski definition) is 5. The summed E-state index contributed by atoms with van der Waals surface area (Å²) in [6.45, 7) is 0. The van der Waals surface area contributed by atoms with E-state index in [4.69, 9.17) is 9.47 Å². The molecule has 2 N–H and O–H groups in total. The van der Waals surface area contributed by atoms with Gasteiger partial charge < -0.3 is 19.4 Å². The van der Waals surface area contributed by atoms with Gasteiger partial charge in [-0.05, 0) is 12.1 Å². The average Bonchev–Trinajstić information content (AvgIpc) is 2.92. The van der Waals surface area contributed by atoms with Gasteiger partial charge in [-0.15, -0.1) is 0 Å². The van der Waals surface area contributed by atoms with Gasteiger partial charge >= 0.3 is 0 Å². The maximum Gasteiger partial charge on any atom is 0.276 e. The van der Waals surface area contributed by atoms with E-state index >= 15 is 0 Å². The molecule has 1 aromatic carbocycles. The van der Waals surface area contributed by atoms with Crippen LogP contribution in [0.1, 0.15) is 0 Å². The molecule has 0 unspecified atom stereocenters. The fraction of sp³-hybridized carbons (Fsp3) is 0.154. The van der Waals surface area contributed by atoms with Crippen molar-refractivity contribution in [3.05, 3.63) is 34.9 Å². The molecule has 2 heterocycles. The zero-order valence-corrected chi connectivity index (χ0v) is 10.9. The maximum atomic E-state index is 11.7. The van der Waals surface area contributed by atoms with Gasteiger partial charge in [0.25, 0.3) is 5.56 Å². The largest absolute Gasteiger partial charge is 0.497 e. The Morgan fingerprint density at radius 2 is 2.05 bits per heavy atom. The summed E-state index contributed by atoms with van der Waals surface area (Å²) in [6.07, 6.45) is 1.32. The van der Waals surface area contributed by atoms with Gasteiger partial charge in [-0.2, -0.15) is 0 Å². The predicted molar refractivity (Wildman–Crippen MR) is 73.0 cm³/mol. The third-order valence-electron chi connectivity index (χ3n) is 2.96. The number of aromatic nitrogens is 4. The first-order chi connectivity index (χ1) is 9.72. The van der Waals surface area contributed by atoms with Gasteiger partial charge in [0, 0.05) is 6.07 Å². The Morgan fingerprint density at radius 1 is 1.20 bits per heavy atom. The van der Waals surface area contributed by atoms with Gasteiger partial charge in [0.2, 0.25) is 0 Å². The van der Waals surface area contributed by atoms with Crippen molar-refractivity contribution in [1.82, 2.24) is 19.9 Å². The second-order valence-corrected chi connectivity index (χ2v) is 4.08. The Hall–Kier alpha value is -2.83. The van der Waals surface area contributed by atoms with Crippen molar-refractivity contribution in [3.63, 3.8) is 0 Å². The zero-order chi connectivity index (χ0) is 14.1. The minimum absolute atomic E-state index is 0.263. The molecule has 0 aliphatic rings. The van der Waals surface area contributed by atoms with Crippen molar-refractivity contribution >= 4 is 11.2 Å². The number of methoxy groups -OCH3 is 2. The zero-order valence-electron chi connectivity index (χ0n) is 10.9. The number of ether oxygens (including phenoxy) is 2. The molecule has 0 aliphatic heterocycles. The van der Waals surface area contributed by atoms with Gasteiger partial charge in [-0.3, -0.25) is 4.79 Å². The van der Waals surface area contributed by atoms with E-state index in [1.807, 2.05) is 6.07 Å². The van der Waals surface area contributed by atoms with Crippen LogP contribution in [-0.4, -0.2) is 34.2 Å². The SMILES string of the molecule is COc1ccc(-c2nc3nc[nH]c(=O)c3[nH]2)c(OC)c1. The lowest BCUT2D eigenvalue weighted by Gasteiger charge is -2.08. The minimum Gasteiger partial charge on any atom is -0.497 e. The Morgan fingerprint density at radius 3 is 2.75 bits per heavy atom. The number of rotatable bonds is 3. The number of nitrogens with one attached hydrogen (secondary N) is 2. The first kappa shape index (κ1) is 12.2. The summed E-state index contributed by atoms with van der Waals surface area (Å²) in [5.41, 5.74) is 1.16. The maximum absolute atomic E-state index is 11.7. The lowest BCUT2D eigenvalue weighted by molar-refractivity contribution is 0.395. The van der Waals surface area contributed by atoms with Crippen molar-refractivity contribution in [3.8, 4) is 22.9 Å². The summed E-state index contributed by atoms with van der Waals surface area (Å²) < 4.78 is 10.5. The van der Waals surface area contributed by atoms with Crippen molar-refractivity contribution in [2.45, 2.75) is 0 Å². The Balaban J connectivity index is 2.20. The molecule has 0 amide bonds. The molecule has 0 fully saturated rings. The number of fused-ring (bicyclic) bond motifs is 1. The van der Waals surface area contributed by atoms with Crippen molar-refractivity contribution in [1.29, 1.82) is 0 Å². The van der Waals surface area contributed by atoms with Crippen LogP contribution in [-0.2, 0) is 0 Å². The van der Waals surface area contributed by atoms with Gasteiger partial charge in [0.05, 0.1) is 26.1 Å². The van der Waals surface area contributed by atoms with E-state index in [2.05, 4.69) is 19.9 Å². The molecular formula is C13H12N4O3. The van der Waals surface area contributed by atoms with Crippen LogP contribution in [0.25, 0.3) is 22.6 Å². The summed E-state index contributed by atoms with van der Waals surface area (Å²) in [5, 5.41) is 0. The molecular weight excluding hydrogens is 260 g/mol.